The van der Waals surface area contributed by atoms with Crippen LogP contribution in [0.25, 0.3) is 0 Å². The van der Waals surface area contributed by atoms with Gasteiger partial charge < -0.3 is 20.5 Å². The van der Waals surface area contributed by atoms with Gasteiger partial charge in [0.15, 0.2) is 0 Å². The van der Waals surface area contributed by atoms with Crippen LogP contribution in [-0.2, 0) is 4.79 Å². The van der Waals surface area contributed by atoms with Gasteiger partial charge in [0, 0.05) is 12.6 Å². The largest absolute Gasteiger partial charge is 0.495 e. The number of anilines is 1. The van der Waals surface area contributed by atoms with Crippen LogP contribution in [0.2, 0.25) is 0 Å². The number of methoxy groups -OCH3 is 1. The van der Waals surface area contributed by atoms with E-state index in [1.807, 2.05) is 31.2 Å². The van der Waals surface area contributed by atoms with Gasteiger partial charge in [-0.3, -0.25) is 4.79 Å². The molecule has 0 radical (unpaired) electrons. The van der Waals surface area contributed by atoms with Crippen molar-refractivity contribution in [2.45, 2.75) is 25.8 Å². The van der Waals surface area contributed by atoms with Crippen LogP contribution in [0, 0.1) is 0 Å². The molecule has 0 aromatic heterocycles. The van der Waals surface area contributed by atoms with Gasteiger partial charge in [-0.1, -0.05) is 12.1 Å². The second kappa shape index (κ2) is 8.37. The molecular formula is C14H22N2O3. The highest BCUT2D eigenvalue weighted by atomic mass is 16.5. The fourth-order valence-corrected chi connectivity index (χ4v) is 1.76. The molecule has 106 valence electrons. The Balaban J connectivity index is 2.37. The van der Waals surface area contributed by atoms with E-state index < -0.39 is 0 Å². The predicted molar refractivity (Wildman–Crippen MR) is 75.4 cm³/mol. The van der Waals surface area contributed by atoms with Crippen LogP contribution in [0.15, 0.2) is 24.3 Å². The number of hydrogen-bond acceptors (Lipinski definition) is 4. The van der Waals surface area contributed by atoms with Gasteiger partial charge in [0.25, 0.3) is 0 Å². The van der Waals surface area contributed by atoms with E-state index >= 15 is 0 Å². The summed E-state index contributed by atoms with van der Waals surface area (Å²) in [6.45, 7) is 2.28. The molecule has 0 unspecified atom stereocenters. The smallest absolute Gasteiger partial charge is 0.239 e. The van der Waals surface area contributed by atoms with E-state index in [0.29, 0.717) is 12.2 Å². The zero-order chi connectivity index (χ0) is 14.1. The molecule has 5 nitrogen and oxygen atoms in total. The Morgan fingerprint density at radius 2 is 2.16 bits per heavy atom. The molecular weight excluding hydrogens is 244 g/mol. The summed E-state index contributed by atoms with van der Waals surface area (Å²) in [6, 6.07) is 7.53. The molecule has 1 amide bonds. The lowest BCUT2D eigenvalue weighted by Gasteiger charge is -2.15. The summed E-state index contributed by atoms with van der Waals surface area (Å²) < 4.78 is 5.19. The maximum atomic E-state index is 11.7. The Kier molecular flexibility index (Phi) is 6.74. The molecule has 1 aromatic rings. The first-order chi connectivity index (χ1) is 9.17. The van der Waals surface area contributed by atoms with Crippen LogP contribution in [0.1, 0.15) is 19.8 Å². The van der Waals surface area contributed by atoms with E-state index in [1.165, 1.54) is 0 Å². The van der Waals surface area contributed by atoms with Crippen LogP contribution in [0.5, 0.6) is 5.75 Å². The van der Waals surface area contributed by atoms with Crippen molar-refractivity contribution in [1.29, 1.82) is 0 Å². The van der Waals surface area contributed by atoms with Crippen LogP contribution in [0.3, 0.4) is 0 Å². The first kappa shape index (κ1) is 15.3. The van der Waals surface area contributed by atoms with Crippen molar-refractivity contribution in [3.05, 3.63) is 24.3 Å². The number of hydrogen-bond donors (Lipinski definition) is 3. The Bertz CT molecular complexity index is 396. The maximum absolute atomic E-state index is 11.7. The molecule has 0 saturated heterocycles. The van der Waals surface area contributed by atoms with Crippen molar-refractivity contribution in [2.75, 3.05) is 25.6 Å². The van der Waals surface area contributed by atoms with Gasteiger partial charge in [0.1, 0.15) is 5.75 Å². The van der Waals surface area contributed by atoms with Crippen LogP contribution in [0.4, 0.5) is 5.69 Å². The first-order valence-electron chi connectivity index (χ1n) is 6.44. The Morgan fingerprint density at radius 1 is 1.42 bits per heavy atom. The molecule has 0 fully saturated rings. The topological polar surface area (TPSA) is 70.6 Å². The molecule has 3 N–H and O–H groups in total. The van der Waals surface area contributed by atoms with Crippen molar-refractivity contribution in [1.82, 2.24) is 5.32 Å². The molecule has 5 heteroatoms. The fourth-order valence-electron chi connectivity index (χ4n) is 1.76. The van der Waals surface area contributed by atoms with Crippen LogP contribution < -0.4 is 15.4 Å². The number of rotatable bonds is 8. The van der Waals surface area contributed by atoms with Gasteiger partial charge in [-0.05, 0) is 31.9 Å². The van der Waals surface area contributed by atoms with E-state index in [-0.39, 0.29) is 25.1 Å². The molecule has 1 rings (SSSR count). The SMILES string of the molecule is COc1ccccc1NCC(=O)N[C@@H](C)CCCO. The summed E-state index contributed by atoms with van der Waals surface area (Å²) in [6.07, 6.45) is 1.47. The second-order valence-corrected chi connectivity index (χ2v) is 4.39. The van der Waals surface area contributed by atoms with Crippen LogP contribution in [-0.4, -0.2) is 37.3 Å². The maximum Gasteiger partial charge on any atom is 0.239 e. The number of aliphatic hydroxyl groups is 1. The molecule has 0 spiro atoms. The average Bonchev–Trinajstić information content (AvgIpc) is 2.43. The van der Waals surface area contributed by atoms with Crippen molar-refractivity contribution < 1.29 is 14.6 Å². The summed E-state index contributed by atoms with van der Waals surface area (Å²) in [5, 5.41) is 14.6. The number of carbonyl (C=O) groups excluding carboxylic acids is 1. The summed E-state index contributed by atoms with van der Waals surface area (Å²) in [4.78, 5) is 11.7. The number of aliphatic hydroxyl groups excluding tert-OH is 1. The number of nitrogens with one attached hydrogen (secondary N) is 2. The van der Waals surface area contributed by atoms with Crippen molar-refractivity contribution in [3.63, 3.8) is 0 Å². The molecule has 1 atom stereocenters. The van der Waals surface area contributed by atoms with Crippen LogP contribution >= 0.6 is 0 Å². The third kappa shape index (κ3) is 5.61. The lowest BCUT2D eigenvalue weighted by atomic mass is 10.2. The highest BCUT2D eigenvalue weighted by Crippen LogP contribution is 2.22. The lowest BCUT2D eigenvalue weighted by molar-refractivity contribution is -0.120. The molecule has 0 heterocycles. The zero-order valence-corrected chi connectivity index (χ0v) is 11.5. The quantitative estimate of drug-likeness (QED) is 0.665. The predicted octanol–water partition coefficient (Wildman–Crippen LogP) is 1.38. The summed E-state index contributed by atoms with van der Waals surface area (Å²) in [5.41, 5.74) is 0.795. The summed E-state index contributed by atoms with van der Waals surface area (Å²) in [7, 11) is 1.59. The van der Waals surface area contributed by atoms with E-state index in [9.17, 15) is 4.79 Å². The van der Waals surface area contributed by atoms with E-state index in [0.717, 1.165) is 12.1 Å². The number of para-hydroxylation sites is 2. The Hall–Kier alpha value is -1.75. The number of benzene rings is 1. The molecule has 0 aliphatic rings. The highest BCUT2D eigenvalue weighted by Gasteiger charge is 2.08. The average molecular weight is 266 g/mol. The number of carbonyl (C=O) groups is 1. The minimum absolute atomic E-state index is 0.0686. The first-order valence-corrected chi connectivity index (χ1v) is 6.44. The standard InChI is InChI=1S/C14H22N2O3/c1-11(6-5-9-17)16-14(18)10-15-12-7-3-4-8-13(12)19-2/h3-4,7-8,11,15,17H,5-6,9-10H2,1-2H3,(H,16,18)/t11-/m0/s1. The van der Waals surface area contributed by atoms with Gasteiger partial charge in [-0.15, -0.1) is 0 Å². The normalized spacial score (nSPS) is 11.7. The van der Waals surface area contributed by atoms with Gasteiger partial charge >= 0.3 is 0 Å². The van der Waals surface area contributed by atoms with Crippen molar-refractivity contribution in [2.24, 2.45) is 0 Å². The minimum Gasteiger partial charge on any atom is -0.495 e. The van der Waals surface area contributed by atoms with Gasteiger partial charge in [0.05, 0.1) is 19.3 Å². The van der Waals surface area contributed by atoms with Gasteiger partial charge in [0.2, 0.25) is 5.91 Å². The summed E-state index contributed by atoms with van der Waals surface area (Å²) >= 11 is 0. The highest BCUT2D eigenvalue weighted by molar-refractivity contribution is 5.81. The Labute approximate surface area is 114 Å². The number of amides is 1. The van der Waals surface area contributed by atoms with E-state index in [4.69, 9.17) is 9.84 Å². The molecule has 1 aromatic carbocycles. The van der Waals surface area contributed by atoms with E-state index in [1.54, 1.807) is 7.11 Å². The minimum atomic E-state index is -0.0728. The zero-order valence-electron chi connectivity index (χ0n) is 11.5. The number of ether oxygens (including phenoxy) is 1. The van der Waals surface area contributed by atoms with Crippen molar-refractivity contribution in [3.8, 4) is 5.75 Å². The van der Waals surface area contributed by atoms with E-state index in [2.05, 4.69) is 10.6 Å². The molecule has 0 saturated carbocycles. The lowest BCUT2D eigenvalue weighted by Crippen LogP contribution is -2.36. The monoisotopic (exact) mass is 266 g/mol. The molecule has 0 aliphatic heterocycles. The van der Waals surface area contributed by atoms with Gasteiger partial charge in [-0.2, -0.15) is 0 Å². The van der Waals surface area contributed by atoms with Crippen molar-refractivity contribution >= 4 is 11.6 Å². The third-order valence-electron chi connectivity index (χ3n) is 2.75. The summed E-state index contributed by atoms with van der Waals surface area (Å²) in [5.74, 6) is 0.639. The third-order valence-corrected chi connectivity index (χ3v) is 2.75. The molecule has 19 heavy (non-hydrogen) atoms. The van der Waals surface area contributed by atoms with Gasteiger partial charge in [-0.25, -0.2) is 0 Å². The Morgan fingerprint density at radius 3 is 2.84 bits per heavy atom. The molecule has 0 bridgehead atoms. The molecule has 0 aliphatic carbocycles. The second-order valence-electron chi connectivity index (χ2n) is 4.39. The fraction of sp³-hybridized carbons (Fsp3) is 0.500.